The van der Waals surface area contributed by atoms with Gasteiger partial charge in [-0.05, 0) is 19.3 Å². The Balaban J connectivity index is 2.06. The molecule has 0 aliphatic heterocycles. The molecular weight excluding hydrogens is 198 g/mol. The zero-order chi connectivity index (χ0) is 11.4. The quantitative estimate of drug-likeness (QED) is 0.847. The second-order valence-corrected chi connectivity index (χ2v) is 4.90. The number of hydrogen-bond acceptors (Lipinski definition) is 2. The van der Waals surface area contributed by atoms with E-state index in [2.05, 4.69) is 16.5 Å². The number of aryl methyl sites for hydroxylation is 1. The summed E-state index contributed by atoms with van der Waals surface area (Å²) in [6, 6.07) is 0. The molecule has 0 amide bonds. The van der Waals surface area contributed by atoms with Gasteiger partial charge in [0.05, 0.1) is 12.0 Å². The number of rotatable bonds is 4. The molecule has 1 aromatic heterocycles. The minimum Gasteiger partial charge on any atom is -0.384 e. The first-order chi connectivity index (χ1) is 7.83. The Labute approximate surface area is 98.1 Å². The minimum absolute atomic E-state index is 0.622. The molecule has 0 bridgehead atoms. The Bertz CT molecular complexity index is 324. The van der Waals surface area contributed by atoms with Crippen molar-refractivity contribution >= 4 is 5.82 Å². The van der Waals surface area contributed by atoms with E-state index < -0.39 is 0 Å². The topological polar surface area (TPSA) is 43.8 Å². The number of unbranched alkanes of at least 4 members (excludes halogenated alkanes) is 1. The van der Waals surface area contributed by atoms with Gasteiger partial charge >= 0.3 is 0 Å². The van der Waals surface area contributed by atoms with E-state index in [1.807, 2.05) is 6.33 Å². The van der Waals surface area contributed by atoms with Crippen molar-refractivity contribution in [2.75, 3.05) is 5.73 Å². The van der Waals surface area contributed by atoms with Crippen molar-refractivity contribution in [1.82, 2.24) is 9.55 Å². The largest absolute Gasteiger partial charge is 0.384 e. The van der Waals surface area contributed by atoms with Crippen LogP contribution in [0.3, 0.4) is 0 Å². The molecule has 0 unspecified atom stereocenters. The molecule has 1 aliphatic carbocycles. The monoisotopic (exact) mass is 221 g/mol. The van der Waals surface area contributed by atoms with Crippen LogP contribution in [0.4, 0.5) is 5.82 Å². The summed E-state index contributed by atoms with van der Waals surface area (Å²) in [6.07, 6.45) is 10.9. The van der Waals surface area contributed by atoms with E-state index in [0.29, 0.717) is 5.92 Å². The van der Waals surface area contributed by atoms with Gasteiger partial charge in [-0.3, -0.25) is 0 Å². The highest BCUT2D eigenvalue weighted by atomic mass is 15.1. The maximum absolute atomic E-state index is 6.18. The molecule has 1 fully saturated rings. The van der Waals surface area contributed by atoms with Crippen molar-refractivity contribution in [3.8, 4) is 0 Å². The summed E-state index contributed by atoms with van der Waals surface area (Å²) in [6.45, 7) is 3.22. The van der Waals surface area contributed by atoms with Gasteiger partial charge in [-0.15, -0.1) is 0 Å². The molecule has 0 aromatic carbocycles. The summed E-state index contributed by atoms with van der Waals surface area (Å²) in [4.78, 5) is 4.53. The van der Waals surface area contributed by atoms with Crippen LogP contribution in [-0.4, -0.2) is 9.55 Å². The molecule has 0 radical (unpaired) electrons. The van der Waals surface area contributed by atoms with Gasteiger partial charge in [-0.25, -0.2) is 4.98 Å². The first-order valence-corrected chi connectivity index (χ1v) is 6.63. The zero-order valence-corrected chi connectivity index (χ0v) is 10.3. The van der Waals surface area contributed by atoms with E-state index in [4.69, 9.17) is 5.73 Å². The maximum atomic E-state index is 6.18. The van der Waals surface area contributed by atoms with Gasteiger partial charge in [0.2, 0.25) is 0 Å². The van der Waals surface area contributed by atoms with Gasteiger partial charge in [0, 0.05) is 12.5 Å². The smallest absolute Gasteiger partial charge is 0.126 e. The first kappa shape index (κ1) is 11.5. The predicted molar refractivity (Wildman–Crippen MR) is 67.4 cm³/mol. The lowest BCUT2D eigenvalue weighted by atomic mass is 9.87. The SMILES string of the molecule is CCCCn1cnc(C2CCCCC2)c1N. The first-order valence-electron chi connectivity index (χ1n) is 6.63. The van der Waals surface area contributed by atoms with Crippen LogP contribution in [0.15, 0.2) is 6.33 Å². The highest BCUT2D eigenvalue weighted by Crippen LogP contribution is 2.34. The molecule has 1 saturated carbocycles. The van der Waals surface area contributed by atoms with Gasteiger partial charge in [0.25, 0.3) is 0 Å². The van der Waals surface area contributed by atoms with Gasteiger partial charge in [0.1, 0.15) is 5.82 Å². The number of aromatic nitrogens is 2. The third-order valence-corrected chi connectivity index (χ3v) is 3.65. The lowest BCUT2D eigenvalue weighted by molar-refractivity contribution is 0.438. The van der Waals surface area contributed by atoms with Crippen LogP contribution in [0.25, 0.3) is 0 Å². The van der Waals surface area contributed by atoms with E-state index >= 15 is 0 Å². The molecule has 0 atom stereocenters. The van der Waals surface area contributed by atoms with Crippen molar-refractivity contribution < 1.29 is 0 Å². The average molecular weight is 221 g/mol. The summed E-state index contributed by atoms with van der Waals surface area (Å²) in [5.74, 6) is 1.54. The fourth-order valence-corrected chi connectivity index (χ4v) is 2.60. The van der Waals surface area contributed by atoms with Gasteiger partial charge in [-0.1, -0.05) is 32.6 Å². The van der Waals surface area contributed by atoms with Crippen molar-refractivity contribution in [2.24, 2.45) is 0 Å². The molecule has 3 heteroatoms. The van der Waals surface area contributed by atoms with Crippen molar-refractivity contribution in [3.63, 3.8) is 0 Å². The highest BCUT2D eigenvalue weighted by Gasteiger charge is 2.20. The lowest BCUT2D eigenvalue weighted by Gasteiger charge is -2.20. The van der Waals surface area contributed by atoms with Crippen LogP contribution in [0.2, 0.25) is 0 Å². The van der Waals surface area contributed by atoms with Crippen LogP contribution in [0.5, 0.6) is 0 Å². The molecule has 2 N–H and O–H groups in total. The number of hydrogen-bond donors (Lipinski definition) is 1. The van der Waals surface area contributed by atoms with Crippen molar-refractivity contribution in [3.05, 3.63) is 12.0 Å². The molecule has 1 aromatic rings. The third kappa shape index (κ3) is 2.39. The molecule has 1 heterocycles. The lowest BCUT2D eigenvalue weighted by Crippen LogP contribution is -2.09. The Kier molecular flexibility index (Phi) is 3.86. The zero-order valence-electron chi connectivity index (χ0n) is 10.3. The number of nitrogens with zero attached hydrogens (tertiary/aromatic N) is 2. The summed E-state index contributed by atoms with van der Waals surface area (Å²) >= 11 is 0. The standard InChI is InChI=1S/C13H23N3/c1-2-3-9-16-10-15-12(13(16)14)11-7-5-4-6-8-11/h10-11H,2-9,14H2,1H3. The van der Waals surface area contributed by atoms with E-state index in [-0.39, 0.29) is 0 Å². The second kappa shape index (κ2) is 5.37. The minimum atomic E-state index is 0.622. The maximum Gasteiger partial charge on any atom is 0.126 e. The molecule has 1 aliphatic rings. The van der Waals surface area contributed by atoms with Crippen LogP contribution in [0.1, 0.15) is 63.5 Å². The molecule has 2 rings (SSSR count). The van der Waals surface area contributed by atoms with Crippen molar-refractivity contribution in [1.29, 1.82) is 0 Å². The molecule has 3 nitrogen and oxygen atoms in total. The molecule has 90 valence electrons. The molecule has 16 heavy (non-hydrogen) atoms. The van der Waals surface area contributed by atoms with Gasteiger partial charge in [0.15, 0.2) is 0 Å². The number of anilines is 1. The van der Waals surface area contributed by atoms with E-state index in [1.165, 1.54) is 44.9 Å². The molecule has 0 spiro atoms. The Hall–Kier alpha value is -0.990. The predicted octanol–water partition coefficient (Wildman–Crippen LogP) is 3.31. The van der Waals surface area contributed by atoms with E-state index in [0.717, 1.165) is 18.1 Å². The van der Waals surface area contributed by atoms with Crippen LogP contribution in [-0.2, 0) is 6.54 Å². The fraction of sp³-hybridized carbons (Fsp3) is 0.769. The third-order valence-electron chi connectivity index (χ3n) is 3.65. The molecular formula is C13H23N3. The summed E-state index contributed by atoms with van der Waals surface area (Å²) < 4.78 is 2.12. The highest BCUT2D eigenvalue weighted by molar-refractivity contribution is 5.38. The normalized spacial score (nSPS) is 17.8. The second-order valence-electron chi connectivity index (χ2n) is 4.90. The Morgan fingerprint density at radius 1 is 1.38 bits per heavy atom. The van der Waals surface area contributed by atoms with Crippen LogP contribution < -0.4 is 5.73 Å². The Morgan fingerprint density at radius 2 is 2.12 bits per heavy atom. The van der Waals surface area contributed by atoms with Crippen molar-refractivity contribution in [2.45, 2.75) is 64.3 Å². The number of imidazole rings is 1. The van der Waals surface area contributed by atoms with Gasteiger partial charge < -0.3 is 10.3 Å². The van der Waals surface area contributed by atoms with Crippen LogP contribution >= 0.6 is 0 Å². The number of nitrogen functional groups attached to an aromatic ring is 1. The van der Waals surface area contributed by atoms with Gasteiger partial charge in [-0.2, -0.15) is 0 Å². The van der Waals surface area contributed by atoms with Crippen LogP contribution in [0, 0.1) is 0 Å². The summed E-state index contributed by atoms with van der Waals surface area (Å²) in [5, 5.41) is 0. The Morgan fingerprint density at radius 3 is 2.81 bits per heavy atom. The summed E-state index contributed by atoms with van der Waals surface area (Å²) in [5.41, 5.74) is 7.34. The fourth-order valence-electron chi connectivity index (χ4n) is 2.60. The van der Waals surface area contributed by atoms with E-state index in [9.17, 15) is 0 Å². The summed E-state index contributed by atoms with van der Waals surface area (Å²) in [7, 11) is 0. The molecule has 0 saturated heterocycles. The van der Waals surface area contributed by atoms with E-state index in [1.54, 1.807) is 0 Å². The number of nitrogens with two attached hydrogens (primary N) is 1. The average Bonchev–Trinajstić information content (AvgIpc) is 2.69.